The number of benzene rings is 1. The molecule has 30 heavy (non-hydrogen) atoms. The molecule has 5 amide bonds. The molecule has 3 aliphatic heterocycles. The Bertz CT molecular complexity index is 816. The molecule has 1 aromatic carbocycles. The molecule has 3 aliphatic rings. The van der Waals surface area contributed by atoms with E-state index in [1.165, 1.54) is 4.90 Å². The second-order valence-corrected chi connectivity index (χ2v) is 8.32. The van der Waals surface area contributed by atoms with E-state index in [9.17, 15) is 19.2 Å². The Morgan fingerprint density at radius 3 is 2.20 bits per heavy atom. The van der Waals surface area contributed by atoms with Crippen molar-refractivity contribution in [2.45, 2.75) is 45.1 Å². The highest BCUT2D eigenvalue weighted by Gasteiger charge is 2.32. The van der Waals surface area contributed by atoms with Gasteiger partial charge >= 0.3 is 6.03 Å². The van der Waals surface area contributed by atoms with Crippen LogP contribution >= 0.6 is 0 Å². The first kappa shape index (κ1) is 20.4. The zero-order valence-corrected chi connectivity index (χ0v) is 17.1. The Morgan fingerprint density at radius 2 is 1.53 bits per heavy atom. The summed E-state index contributed by atoms with van der Waals surface area (Å²) in [7, 11) is 0. The Balaban J connectivity index is 1.31. The number of hydrogen-bond donors (Lipinski definition) is 1. The highest BCUT2D eigenvalue weighted by Crippen LogP contribution is 2.22. The number of nitrogens with zero attached hydrogens (tertiary/aromatic N) is 3. The zero-order chi connectivity index (χ0) is 21.1. The predicted octanol–water partition coefficient (Wildman–Crippen LogP) is 2.20. The van der Waals surface area contributed by atoms with Gasteiger partial charge in [-0.15, -0.1) is 0 Å². The third-order valence-corrected chi connectivity index (χ3v) is 6.16. The summed E-state index contributed by atoms with van der Waals surface area (Å²) in [5.74, 6) is -0.568. The Kier molecular flexibility index (Phi) is 6.01. The van der Waals surface area contributed by atoms with Crippen molar-refractivity contribution in [3.05, 3.63) is 29.8 Å². The summed E-state index contributed by atoms with van der Waals surface area (Å²) in [6.07, 6.45) is 4.28. The van der Waals surface area contributed by atoms with Gasteiger partial charge in [-0.25, -0.2) is 4.79 Å². The summed E-state index contributed by atoms with van der Waals surface area (Å²) in [6.45, 7) is 3.06. The fourth-order valence-corrected chi connectivity index (χ4v) is 4.39. The lowest BCUT2D eigenvalue weighted by atomic mass is 9.97. The Hall–Kier alpha value is -2.90. The molecule has 0 aromatic heterocycles. The van der Waals surface area contributed by atoms with Crippen molar-refractivity contribution < 1.29 is 19.2 Å². The number of carbonyl (C=O) groups excluding carboxylic acids is 4. The van der Waals surface area contributed by atoms with E-state index in [0.717, 1.165) is 44.3 Å². The molecule has 8 nitrogen and oxygen atoms in total. The number of nitrogens with one attached hydrogen (secondary N) is 1. The molecule has 0 radical (unpaired) electrons. The molecule has 1 atom stereocenters. The molecule has 160 valence electrons. The van der Waals surface area contributed by atoms with Crippen LogP contribution < -0.4 is 5.32 Å². The first-order chi connectivity index (χ1) is 14.5. The van der Waals surface area contributed by atoms with Crippen molar-refractivity contribution in [3.8, 4) is 0 Å². The monoisotopic (exact) mass is 412 g/mol. The summed E-state index contributed by atoms with van der Waals surface area (Å²) in [6, 6.07) is 7.26. The average Bonchev–Trinajstić information content (AvgIpc) is 3.41. The van der Waals surface area contributed by atoms with Gasteiger partial charge in [0, 0.05) is 44.7 Å². The normalized spacial score (nSPS) is 22.0. The zero-order valence-electron chi connectivity index (χ0n) is 17.1. The van der Waals surface area contributed by atoms with E-state index < -0.39 is 0 Å². The minimum atomic E-state index is -0.218. The number of carbonyl (C=O) groups is 4. The number of imide groups is 1. The van der Waals surface area contributed by atoms with E-state index in [0.29, 0.717) is 18.8 Å². The Labute approximate surface area is 176 Å². The topological polar surface area (TPSA) is 90.0 Å². The highest BCUT2D eigenvalue weighted by atomic mass is 16.2. The largest absolute Gasteiger partial charge is 0.326 e. The van der Waals surface area contributed by atoms with Crippen LogP contribution in [0, 0.1) is 5.92 Å². The molecule has 3 heterocycles. The maximum Gasteiger partial charge on any atom is 0.320 e. The third-order valence-electron chi connectivity index (χ3n) is 6.16. The molecule has 8 heteroatoms. The summed E-state index contributed by atoms with van der Waals surface area (Å²) < 4.78 is 0. The number of likely N-dealkylation sites (tertiary alicyclic amines) is 3. The minimum absolute atomic E-state index is 0.0559. The van der Waals surface area contributed by atoms with Gasteiger partial charge in [-0.2, -0.15) is 0 Å². The van der Waals surface area contributed by atoms with Crippen LogP contribution in [0.2, 0.25) is 0 Å². The van der Waals surface area contributed by atoms with Crippen molar-refractivity contribution in [2.24, 2.45) is 5.92 Å². The van der Waals surface area contributed by atoms with Crippen LogP contribution in [0.5, 0.6) is 0 Å². The van der Waals surface area contributed by atoms with Crippen LogP contribution in [0.3, 0.4) is 0 Å². The van der Waals surface area contributed by atoms with Crippen LogP contribution in [0.1, 0.15) is 44.1 Å². The summed E-state index contributed by atoms with van der Waals surface area (Å²) in [5, 5.41) is 2.94. The molecular weight excluding hydrogens is 384 g/mol. The second kappa shape index (κ2) is 8.85. The number of hydrogen-bond acceptors (Lipinski definition) is 4. The smallest absolute Gasteiger partial charge is 0.320 e. The van der Waals surface area contributed by atoms with E-state index >= 15 is 0 Å². The van der Waals surface area contributed by atoms with Gasteiger partial charge in [0.05, 0.1) is 12.5 Å². The van der Waals surface area contributed by atoms with Crippen LogP contribution in [-0.2, 0) is 20.9 Å². The predicted molar refractivity (Wildman–Crippen MR) is 110 cm³/mol. The molecule has 3 fully saturated rings. The lowest BCUT2D eigenvalue weighted by Crippen LogP contribution is -2.48. The van der Waals surface area contributed by atoms with Crippen molar-refractivity contribution >= 4 is 29.4 Å². The lowest BCUT2D eigenvalue weighted by molar-refractivity contribution is -0.139. The number of anilines is 1. The van der Waals surface area contributed by atoms with Gasteiger partial charge in [0.25, 0.3) is 0 Å². The minimum Gasteiger partial charge on any atom is -0.326 e. The molecule has 4 rings (SSSR count). The average molecular weight is 412 g/mol. The van der Waals surface area contributed by atoms with Crippen molar-refractivity contribution in [3.63, 3.8) is 0 Å². The van der Waals surface area contributed by atoms with Gasteiger partial charge in [-0.3, -0.25) is 19.3 Å². The molecule has 0 unspecified atom stereocenters. The quantitative estimate of drug-likeness (QED) is 0.768. The fraction of sp³-hybridized carbons (Fsp3) is 0.545. The van der Waals surface area contributed by atoms with Gasteiger partial charge in [0.2, 0.25) is 17.7 Å². The third kappa shape index (κ3) is 4.47. The number of urea groups is 1. The fourth-order valence-electron chi connectivity index (χ4n) is 4.39. The SMILES string of the molecule is O=C(Nc1ccc(CN2C(=O)CCC2=O)cc1)[C@H]1CCCN(C(=O)N2CCCC2)C1. The van der Waals surface area contributed by atoms with Gasteiger partial charge < -0.3 is 15.1 Å². The molecule has 1 N–H and O–H groups in total. The maximum atomic E-state index is 12.7. The summed E-state index contributed by atoms with van der Waals surface area (Å²) in [5.41, 5.74) is 1.52. The van der Waals surface area contributed by atoms with E-state index in [2.05, 4.69) is 5.32 Å². The molecular formula is C22H28N4O4. The van der Waals surface area contributed by atoms with Gasteiger partial charge in [-0.1, -0.05) is 12.1 Å². The van der Waals surface area contributed by atoms with E-state index in [1.54, 1.807) is 12.1 Å². The second-order valence-electron chi connectivity index (χ2n) is 8.32. The van der Waals surface area contributed by atoms with Gasteiger partial charge in [0.1, 0.15) is 0 Å². The van der Waals surface area contributed by atoms with E-state index in [-0.39, 0.29) is 49.1 Å². The van der Waals surface area contributed by atoms with Crippen LogP contribution in [0.25, 0.3) is 0 Å². The van der Waals surface area contributed by atoms with Gasteiger partial charge in [0.15, 0.2) is 0 Å². The first-order valence-corrected chi connectivity index (χ1v) is 10.8. The maximum absolute atomic E-state index is 12.7. The highest BCUT2D eigenvalue weighted by molar-refractivity contribution is 6.01. The van der Waals surface area contributed by atoms with E-state index in [4.69, 9.17) is 0 Å². The number of piperidine rings is 1. The van der Waals surface area contributed by atoms with E-state index in [1.807, 2.05) is 21.9 Å². The molecule has 1 aromatic rings. The molecule has 0 saturated carbocycles. The number of rotatable bonds is 4. The van der Waals surface area contributed by atoms with Crippen LogP contribution in [0.4, 0.5) is 10.5 Å². The molecule has 3 saturated heterocycles. The molecule has 0 bridgehead atoms. The Morgan fingerprint density at radius 1 is 0.900 bits per heavy atom. The molecule has 0 spiro atoms. The summed E-state index contributed by atoms with van der Waals surface area (Å²) in [4.78, 5) is 53.8. The first-order valence-electron chi connectivity index (χ1n) is 10.8. The summed E-state index contributed by atoms with van der Waals surface area (Å²) >= 11 is 0. The number of amides is 5. The van der Waals surface area contributed by atoms with Crippen LogP contribution in [-0.4, -0.2) is 64.6 Å². The van der Waals surface area contributed by atoms with Gasteiger partial charge in [-0.05, 0) is 43.4 Å². The van der Waals surface area contributed by atoms with Crippen molar-refractivity contribution in [1.82, 2.24) is 14.7 Å². The molecule has 0 aliphatic carbocycles. The van der Waals surface area contributed by atoms with Crippen LogP contribution in [0.15, 0.2) is 24.3 Å². The lowest BCUT2D eigenvalue weighted by Gasteiger charge is -2.34. The van der Waals surface area contributed by atoms with Crippen molar-refractivity contribution in [2.75, 3.05) is 31.5 Å². The van der Waals surface area contributed by atoms with Crippen molar-refractivity contribution in [1.29, 1.82) is 0 Å². The standard InChI is InChI=1S/C22H28N4O4/c27-19-9-10-20(28)26(19)14-16-5-7-18(8-6-16)23-21(29)17-4-3-13-25(15-17)22(30)24-11-1-2-12-24/h5-8,17H,1-4,9-15H2,(H,23,29)/t17-/m0/s1.